The Morgan fingerprint density at radius 1 is 1.11 bits per heavy atom. The van der Waals surface area contributed by atoms with Crippen LogP contribution in [0.4, 0.5) is 5.69 Å². The third-order valence-corrected chi connectivity index (χ3v) is 5.06. The maximum Gasteiger partial charge on any atom is 0.261 e. The second kappa shape index (κ2) is 9.40. The number of ether oxygens (including phenoxy) is 1. The van der Waals surface area contributed by atoms with Crippen molar-refractivity contribution in [3.8, 4) is 5.75 Å². The van der Waals surface area contributed by atoms with Gasteiger partial charge < -0.3 is 15.4 Å². The van der Waals surface area contributed by atoms with Gasteiger partial charge in [0.15, 0.2) is 6.10 Å². The van der Waals surface area contributed by atoms with Gasteiger partial charge in [-0.2, -0.15) is 0 Å². The molecule has 148 valence electrons. The molecule has 0 saturated heterocycles. The van der Waals surface area contributed by atoms with Crippen LogP contribution in [0.3, 0.4) is 0 Å². The molecule has 1 atom stereocenters. The zero-order chi connectivity index (χ0) is 19.9. The molecule has 2 N–H and O–H groups in total. The summed E-state index contributed by atoms with van der Waals surface area (Å²) >= 11 is 0. The van der Waals surface area contributed by atoms with Gasteiger partial charge in [0.1, 0.15) is 5.75 Å². The van der Waals surface area contributed by atoms with Crippen molar-refractivity contribution in [2.45, 2.75) is 52.2 Å². The summed E-state index contributed by atoms with van der Waals surface area (Å²) in [6, 6.07) is 15.2. The van der Waals surface area contributed by atoms with Gasteiger partial charge in [0.25, 0.3) is 5.91 Å². The van der Waals surface area contributed by atoms with Crippen LogP contribution in [0.2, 0.25) is 0 Å². The minimum Gasteiger partial charge on any atom is -0.481 e. The van der Waals surface area contributed by atoms with E-state index in [0.717, 1.165) is 42.5 Å². The third-order valence-electron chi connectivity index (χ3n) is 5.06. The minimum absolute atomic E-state index is 0.0962. The van der Waals surface area contributed by atoms with E-state index in [9.17, 15) is 9.59 Å². The monoisotopic (exact) mass is 380 g/mol. The van der Waals surface area contributed by atoms with Gasteiger partial charge in [-0.15, -0.1) is 0 Å². The van der Waals surface area contributed by atoms with E-state index in [-0.39, 0.29) is 17.7 Å². The first-order chi connectivity index (χ1) is 13.5. The lowest BCUT2D eigenvalue weighted by Gasteiger charge is -2.15. The van der Waals surface area contributed by atoms with Crippen LogP contribution in [0.25, 0.3) is 0 Å². The van der Waals surface area contributed by atoms with Gasteiger partial charge in [0.05, 0.1) is 0 Å². The van der Waals surface area contributed by atoms with E-state index in [1.807, 2.05) is 55.5 Å². The summed E-state index contributed by atoms with van der Waals surface area (Å²) in [5.74, 6) is 0.725. The Morgan fingerprint density at radius 2 is 1.86 bits per heavy atom. The van der Waals surface area contributed by atoms with Crippen LogP contribution in [0.1, 0.15) is 43.7 Å². The molecule has 0 heterocycles. The van der Waals surface area contributed by atoms with Crippen molar-refractivity contribution in [1.82, 2.24) is 5.32 Å². The molecule has 2 amide bonds. The molecule has 3 rings (SSSR count). The van der Waals surface area contributed by atoms with Crippen molar-refractivity contribution in [3.63, 3.8) is 0 Å². The number of rotatable bonds is 7. The predicted molar refractivity (Wildman–Crippen MR) is 110 cm³/mol. The van der Waals surface area contributed by atoms with Crippen LogP contribution in [-0.4, -0.2) is 17.9 Å². The number of hydrogen-bond donors (Lipinski definition) is 2. The average molecular weight is 380 g/mol. The Balaban J connectivity index is 1.50. The number of carbonyl (C=O) groups excluding carboxylic acids is 2. The molecule has 1 fully saturated rings. The predicted octanol–water partition coefficient (Wildman–Crippen LogP) is 4.21. The Morgan fingerprint density at radius 3 is 2.61 bits per heavy atom. The second-order valence-corrected chi connectivity index (χ2v) is 7.47. The van der Waals surface area contributed by atoms with Crippen LogP contribution in [0, 0.1) is 12.8 Å². The van der Waals surface area contributed by atoms with Gasteiger partial charge in [-0.3, -0.25) is 9.59 Å². The summed E-state index contributed by atoms with van der Waals surface area (Å²) in [7, 11) is 0. The first-order valence-electron chi connectivity index (χ1n) is 9.92. The molecule has 0 radical (unpaired) electrons. The first-order valence-corrected chi connectivity index (χ1v) is 9.92. The highest BCUT2D eigenvalue weighted by Gasteiger charge is 2.22. The zero-order valence-electron chi connectivity index (χ0n) is 16.5. The smallest absolute Gasteiger partial charge is 0.261 e. The molecule has 1 aliphatic carbocycles. The Kier molecular flexibility index (Phi) is 6.69. The number of amides is 2. The van der Waals surface area contributed by atoms with E-state index in [0.29, 0.717) is 12.3 Å². The van der Waals surface area contributed by atoms with Crippen LogP contribution in [0.15, 0.2) is 48.5 Å². The maximum atomic E-state index is 12.3. The fourth-order valence-electron chi connectivity index (χ4n) is 3.47. The maximum absolute atomic E-state index is 12.3. The highest BCUT2D eigenvalue weighted by Crippen LogP contribution is 2.26. The van der Waals surface area contributed by atoms with Crippen molar-refractivity contribution in [2.24, 2.45) is 5.92 Å². The number of carbonyl (C=O) groups is 2. The Bertz CT molecular complexity index is 828. The highest BCUT2D eigenvalue weighted by molar-refractivity contribution is 5.92. The highest BCUT2D eigenvalue weighted by atomic mass is 16.5. The van der Waals surface area contributed by atoms with Gasteiger partial charge in [0.2, 0.25) is 5.91 Å². The van der Waals surface area contributed by atoms with E-state index in [4.69, 9.17) is 4.74 Å². The molecule has 28 heavy (non-hydrogen) atoms. The second-order valence-electron chi connectivity index (χ2n) is 7.47. The topological polar surface area (TPSA) is 67.4 Å². The molecule has 5 heteroatoms. The summed E-state index contributed by atoms with van der Waals surface area (Å²) < 4.78 is 5.71. The summed E-state index contributed by atoms with van der Waals surface area (Å²) in [5.41, 5.74) is 2.79. The molecular formula is C23H28N2O3. The normalized spacial score (nSPS) is 15.1. The quantitative estimate of drug-likeness (QED) is 0.756. The van der Waals surface area contributed by atoms with Gasteiger partial charge in [-0.05, 0) is 62.1 Å². The molecule has 2 aromatic rings. The molecule has 0 bridgehead atoms. The lowest BCUT2D eigenvalue weighted by molar-refractivity contribution is -0.127. The van der Waals surface area contributed by atoms with E-state index >= 15 is 0 Å². The summed E-state index contributed by atoms with van der Waals surface area (Å²) in [6.45, 7) is 4.10. The van der Waals surface area contributed by atoms with Gasteiger partial charge in [-0.25, -0.2) is 0 Å². The third kappa shape index (κ3) is 5.59. The average Bonchev–Trinajstić information content (AvgIpc) is 3.21. The van der Waals surface area contributed by atoms with E-state index < -0.39 is 6.10 Å². The summed E-state index contributed by atoms with van der Waals surface area (Å²) in [5, 5.41) is 5.89. The Labute approximate surface area is 166 Å². The van der Waals surface area contributed by atoms with Crippen molar-refractivity contribution < 1.29 is 14.3 Å². The van der Waals surface area contributed by atoms with Crippen LogP contribution >= 0.6 is 0 Å². The number of benzene rings is 2. The van der Waals surface area contributed by atoms with Crippen LogP contribution < -0.4 is 15.4 Å². The van der Waals surface area contributed by atoms with Crippen molar-refractivity contribution >= 4 is 17.5 Å². The van der Waals surface area contributed by atoms with E-state index in [2.05, 4.69) is 10.6 Å². The summed E-state index contributed by atoms with van der Waals surface area (Å²) in [6.07, 6.45) is 3.62. The van der Waals surface area contributed by atoms with Crippen molar-refractivity contribution in [2.75, 3.05) is 5.32 Å². The number of aryl methyl sites for hydroxylation is 1. The molecule has 5 nitrogen and oxygen atoms in total. The lowest BCUT2D eigenvalue weighted by atomic mass is 10.1. The van der Waals surface area contributed by atoms with E-state index in [1.54, 1.807) is 6.92 Å². The molecule has 1 aliphatic rings. The fourth-order valence-corrected chi connectivity index (χ4v) is 3.47. The van der Waals surface area contributed by atoms with E-state index in [1.165, 1.54) is 0 Å². The van der Waals surface area contributed by atoms with Crippen LogP contribution in [0.5, 0.6) is 5.75 Å². The number of anilines is 1. The lowest BCUT2D eigenvalue weighted by Crippen LogP contribution is -2.35. The molecule has 1 saturated carbocycles. The van der Waals surface area contributed by atoms with Crippen molar-refractivity contribution in [1.29, 1.82) is 0 Å². The largest absolute Gasteiger partial charge is 0.481 e. The SMILES string of the molecule is Cc1cccc(OC(C)C(=O)NCc2cccc(NC(=O)C3CCCC3)c2)c1. The van der Waals surface area contributed by atoms with Crippen molar-refractivity contribution in [3.05, 3.63) is 59.7 Å². The molecule has 1 unspecified atom stereocenters. The van der Waals surface area contributed by atoms with Gasteiger partial charge >= 0.3 is 0 Å². The van der Waals surface area contributed by atoms with Gasteiger partial charge in [-0.1, -0.05) is 37.1 Å². The standard InChI is InChI=1S/C23H28N2O3/c1-16-7-5-12-21(13-16)28-17(2)22(26)24-15-18-8-6-11-20(14-18)25-23(27)19-9-3-4-10-19/h5-8,11-14,17,19H,3-4,9-10,15H2,1-2H3,(H,24,26)(H,25,27). The number of nitrogens with one attached hydrogen (secondary N) is 2. The first kappa shape index (κ1) is 19.9. The van der Waals surface area contributed by atoms with Crippen LogP contribution in [-0.2, 0) is 16.1 Å². The Hall–Kier alpha value is -2.82. The molecular weight excluding hydrogens is 352 g/mol. The number of hydrogen-bond acceptors (Lipinski definition) is 3. The molecule has 0 aliphatic heterocycles. The molecule has 0 aromatic heterocycles. The van der Waals surface area contributed by atoms with Gasteiger partial charge in [0, 0.05) is 18.2 Å². The molecule has 0 spiro atoms. The summed E-state index contributed by atoms with van der Waals surface area (Å²) in [4.78, 5) is 24.6. The molecule has 2 aromatic carbocycles. The fraction of sp³-hybridized carbons (Fsp3) is 0.391. The minimum atomic E-state index is -0.591. The zero-order valence-corrected chi connectivity index (χ0v) is 16.5.